The van der Waals surface area contributed by atoms with Crippen molar-refractivity contribution in [2.45, 2.75) is 44.6 Å². The third-order valence-electron chi connectivity index (χ3n) is 6.60. The van der Waals surface area contributed by atoms with Crippen LogP contribution in [0.15, 0.2) is 65.3 Å². The zero-order valence-corrected chi connectivity index (χ0v) is 22.1. The number of halogens is 3. The van der Waals surface area contributed by atoms with Gasteiger partial charge in [0.1, 0.15) is 18.3 Å². The maximum absolute atomic E-state index is 12.8. The molecule has 2 amide bonds. The number of unbranched alkanes of at least 4 members (excludes halogenated alkanes) is 1. The lowest BCUT2D eigenvalue weighted by molar-refractivity contribution is -0.143. The number of benzene rings is 1. The SMILES string of the molecule is O=C(CCCCN1CCN(Cc2ncc(-c3ccccn3)o2)CC1C(=O)NCC(F)(F)F)NCc1ccccc1. The van der Waals surface area contributed by atoms with Crippen LogP contribution in [0.1, 0.15) is 30.7 Å². The minimum atomic E-state index is -4.50. The third-order valence-corrected chi connectivity index (χ3v) is 6.60. The molecule has 1 atom stereocenters. The molecular formula is C28H33F3N6O3. The van der Waals surface area contributed by atoms with Gasteiger partial charge in [0, 0.05) is 38.8 Å². The molecule has 12 heteroatoms. The van der Waals surface area contributed by atoms with Crippen molar-refractivity contribution in [1.29, 1.82) is 0 Å². The summed E-state index contributed by atoms with van der Waals surface area (Å²) in [6.45, 7) is 1.17. The van der Waals surface area contributed by atoms with Crippen LogP contribution in [0.5, 0.6) is 0 Å². The average Bonchev–Trinajstić information content (AvgIpc) is 3.42. The van der Waals surface area contributed by atoms with E-state index < -0.39 is 24.7 Å². The van der Waals surface area contributed by atoms with Crippen molar-refractivity contribution >= 4 is 11.8 Å². The van der Waals surface area contributed by atoms with E-state index in [0.29, 0.717) is 69.3 Å². The van der Waals surface area contributed by atoms with Crippen molar-refractivity contribution in [3.63, 3.8) is 0 Å². The number of aromatic nitrogens is 2. The number of piperazine rings is 1. The standard InChI is InChI=1S/C28H33F3N6O3/c29-28(30,31)20-35-27(39)23-18-36(19-26-34-17-24(40-26)22-10-4-6-12-32-22)14-15-37(23)13-7-5-11-25(38)33-16-21-8-2-1-3-9-21/h1-4,6,8-10,12,17,23H,5,7,11,13-16,18-20H2,(H,33,38)(H,35,39). The van der Waals surface area contributed by atoms with Gasteiger partial charge in [0.05, 0.1) is 12.7 Å². The largest absolute Gasteiger partial charge is 0.438 e. The van der Waals surface area contributed by atoms with E-state index in [1.165, 1.54) is 0 Å². The predicted molar refractivity (Wildman–Crippen MR) is 142 cm³/mol. The Labute approximate surface area is 230 Å². The summed E-state index contributed by atoms with van der Waals surface area (Å²) < 4.78 is 44.2. The number of pyridine rings is 1. The molecule has 4 rings (SSSR count). The molecule has 40 heavy (non-hydrogen) atoms. The topological polar surface area (TPSA) is 104 Å². The van der Waals surface area contributed by atoms with Crippen LogP contribution in [0.25, 0.3) is 11.5 Å². The molecule has 2 aromatic heterocycles. The molecule has 0 spiro atoms. The molecule has 1 aliphatic rings. The van der Waals surface area contributed by atoms with Gasteiger partial charge in [0.15, 0.2) is 5.76 Å². The van der Waals surface area contributed by atoms with Crippen molar-refractivity contribution < 1.29 is 27.2 Å². The van der Waals surface area contributed by atoms with E-state index in [4.69, 9.17) is 4.42 Å². The van der Waals surface area contributed by atoms with Gasteiger partial charge in [-0.15, -0.1) is 0 Å². The van der Waals surface area contributed by atoms with Crippen LogP contribution in [0.2, 0.25) is 0 Å². The Morgan fingerprint density at radius 2 is 1.80 bits per heavy atom. The maximum atomic E-state index is 12.8. The molecule has 214 valence electrons. The Hall–Kier alpha value is -3.77. The van der Waals surface area contributed by atoms with Gasteiger partial charge in [-0.1, -0.05) is 36.4 Å². The second-order valence-corrected chi connectivity index (χ2v) is 9.67. The summed E-state index contributed by atoms with van der Waals surface area (Å²) in [4.78, 5) is 37.4. The number of carbonyl (C=O) groups excluding carboxylic acids is 2. The van der Waals surface area contributed by atoms with E-state index >= 15 is 0 Å². The number of oxazole rings is 1. The fourth-order valence-corrected chi connectivity index (χ4v) is 4.53. The van der Waals surface area contributed by atoms with Gasteiger partial charge in [-0.3, -0.25) is 24.4 Å². The summed E-state index contributed by atoms with van der Waals surface area (Å²) in [7, 11) is 0. The first-order chi connectivity index (χ1) is 19.3. The molecule has 3 heterocycles. The number of nitrogens with zero attached hydrogens (tertiary/aromatic N) is 4. The van der Waals surface area contributed by atoms with Gasteiger partial charge in [-0.25, -0.2) is 4.98 Å². The van der Waals surface area contributed by atoms with Gasteiger partial charge in [0.25, 0.3) is 0 Å². The lowest BCUT2D eigenvalue weighted by atomic mass is 10.1. The molecule has 9 nitrogen and oxygen atoms in total. The van der Waals surface area contributed by atoms with Gasteiger partial charge in [0.2, 0.25) is 17.7 Å². The van der Waals surface area contributed by atoms with Gasteiger partial charge < -0.3 is 15.1 Å². The lowest BCUT2D eigenvalue weighted by Gasteiger charge is -2.40. The molecule has 1 aromatic carbocycles. The monoisotopic (exact) mass is 558 g/mol. The zero-order valence-electron chi connectivity index (χ0n) is 22.1. The normalized spacial score (nSPS) is 16.5. The second kappa shape index (κ2) is 14.0. The highest BCUT2D eigenvalue weighted by Crippen LogP contribution is 2.20. The van der Waals surface area contributed by atoms with Gasteiger partial charge in [-0.2, -0.15) is 13.2 Å². The second-order valence-electron chi connectivity index (χ2n) is 9.67. The van der Waals surface area contributed by atoms with E-state index in [1.807, 2.05) is 51.5 Å². The molecule has 3 aromatic rings. The van der Waals surface area contributed by atoms with Crippen molar-refractivity contribution in [3.05, 3.63) is 72.4 Å². The molecule has 0 bridgehead atoms. The van der Waals surface area contributed by atoms with Gasteiger partial charge >= 0.3 is 6.18 Å². The number of alkyl halides is 3. The highest BCUT2D eigenvalue weighted by atomic mass is 19.4. The van der Waals surface area contributed by atoms with Crippen LogP contribution in [0.4, 0.5) is 13.2 Å². The summed E-state index contributed by atoms with van der Waals surface area (Å²) in [5.41, 5.74) is 1.66. The van der Waals surface area contributed by atoms with Crippen molar-refractivity contribution in [2.24, 2.45) is 0 Å². The summed E-state index contributed by atoms with van der Waals surface area (Å²) in [6, 6.07) is 14.3. The number of hydrogen-bond donors (Lipinski definition) is 2. The summed E-state index contributed by atoms with van der Waals surface area (Å²) in [6.07, 6.45) is 0.303. The van der Waals surface area contributed by atoms with Crippen molar-refractivity contribution in [2.75, 3.05) is 32.7 Å². The highest BCUT2D eigenvalue weighted by molar-refractivity contribution is 5.82. The molecule has 1 fully saturated rings. The van der Waals surface area contributed by atoms with E-state index in [0.717, 1.165) is 5.56 Å². The zero-order chi connectivity index (χ0) is 28.4. The quantitative estimate of drug-likeness (QED) is 0.329. The van der Waals surface area contributed by atoms with Crippen LogP contribution < -0.4 is 10.6 Å². The minimum Gasteiger partial charge on any atom is -0.438 e. The lowest BCUT2D eigenvalue weighted by Crippen LogP contribution is -2.59. The molecule has 0 saturated carbocycles. The fourth-order valence-electron chi connectivity index (χ4n) is 4.53. The number of hydrogen-bond acceptors (Lipinski definition) is 7. The van der Waals surface area contributed by atoms with Crippen molar-refractivity contribution in [3.8, 4) is 11.5 Å². The smallest absolute Gasteiger partial charge is 0.405 e. The Morgan fingerprint density at radius 3 is 2.55 bits per heavy atom. The van der Waals surface area contributed by atoms with Crippen LogP contribution in [-0.4, -0.2) is 76.5 Å². The first kappa shape index (κ1) is 29.2. The van der Waals surface area contributed by atoms with E-state index in [2.05, 4.69) is 15.3 Å². The van der Waals surface area contributed by atoms with E-state index in [1.54, 1.807) is 24.5 Å². The average molecular weight is 559 g/mol. The molecule has 0 aliphatic carbocycles. The van der Waals surface area contributed by atoms with E-state index in [-0.39, 0.29) is 12.5 Å². The number of amides is 2. The van der Waals surface area contributed by atoms with Crippen LogP contribution in [0, 0.1) is 0 Å². The fraction of sp³-hybridized carbons (Fsp3) is 0.429. The maximum Gasteiger partial charge on any atom is 0.405 e. The van der Waals surface area contributed by atoms with Crippen LogP contribution in [-0.2, 0) is 22.7 Å². The number of nitrogens with one attached hydrogen (secondary N) is 2. The summed E-state index contributed by atoms with van der Waals surface area (Å²) in [5, 5.41) is 4.92. The third kappa shape index (κ3) is 9.16. The molecule has 1 saturated heterocycles. The van der Waals surface area contributed by atoms with Crippen molar-refractivity contribution in [1.82, 2.24) is 30.4 Å². The Balaban J connectivity index is 1.28. The summed E-state index contributed by atoms with van der Waals surface area (Å²) in [5.74, 6) is 0.208. The molecule has 1 aliphatic heterocycles. The molecule has 1 unspecified atom stereocenters. The van der Waals surface area contributed by atoms with Crippen LogP contribution >= 0.6 is 0 Å². The molecule has 2 N–H and O–H groups in total. The predicted octanol–water partition coefficient (Wildman–Crippen LogP) is 3.39. The van der Waals surface area contributed by atoms with Gasteiger partial charge in [-0.05, 0) is 37.1 Å². The summed E-state index contributed by atoms with van der Waals surface area (Å²) >= 11 is 0. The van der Waals surface area contributed by atoms with E-state index in [9.17, 15) is 22.8 Å². The Bertz CT molecular complexity index is 1220. The van der Waals surface area contributed by atoms with Crippen LogP contribution in [0.3, 0.4) is 0 Å². The minimum absolute atomic E-state index is 0.0656. The number of rotatable bonds is 12. The first-order valence-electron chi connectivity index (χ1n) is 13.2. The highest BCUT2D eigenvalue weighted by Gasteiger charge is 2.35. The Kier molecular flexibility index (Phi) is 10.3. The first-order valence-corrected chi connectivity index (χ1v) is 13.2. The number of carbonyl (C=O) groups is 2. The molecular weight excluding hydrogens is 525 g/mol. The Morgan fingerprint density at radius 1 is 1.00 bits per heavy atom. The molecule has 0 radical (unpaired) electrons.